The largest absolute Gasteiger partial charge is 2.00 e. The number of aryl methyl sites for hydroxylation is 1. The molecule has 76 valence electrons. The summed E-state index contributed by atoms with van der Waals surface area (Å²) in [6, 6.07) is 2.93. The Morgan fingerprint density at radius 3 is 2.64 bits per heavy atom. The van der Waals surface area contributed by atoms with E-state index in [0.717, 1.165) is 17.7 Å². The van der Waals surface area contributed by atoms with Crippen LogP contribution in [0.15, 0.2) is 17.4 Å². The summed E-state index contributed by atoms with van der Waals surface area (Å²) in [6.45, 7) is 7.96. The van der Waals surface area contributed by atoms with Crippen molar-refractivity contribution in [3.05, 3.63) is 24.0 Å². The van der Waals surface area contributed by atoms with Gasteiger partial charge in [-0.25, -0.2) is 5.56 Å². The van der Waals surface area contributed by atoms with E-state index in [1.54, 1.807) is 12.4 Å². The Balaban J connectivity index is 0. The fraction of sp³-hybridized carbons (Fsp3) is 0.455. The van der Waals surface area contributed by atoms with E-state index in [4.69, 9.17) is 0 Å². The van der Waals surface area contributed by atoms with Crippen molar-refractivity contribution in [2.24, 2.45) is 4.99 Å². The van der Waals surface area contributed by atoms with E-state index in [-0.39, 0.29) is 21.1 Å². The minimum Gasteiger partial charge on any atom is -0.493 e. The zero-order valence-corrected chi connectivity index (χ0v) is 12.1. The molecule has 0 saturated heterocycles. The van der Waals surface area contributed by atoms with Crippen molar-refractivity contribution in [3.8, 4) is 0 Å². The van der Waals surface area contributed by atoms with Crippen molar-refractivity contribution < 1.29 is 21.1 Å². The van der Waals surface area contributed by atoms with E-state index < -0.39 is 0 Å². The molecule has 0 spiro atoms. The summed E-state index contributed by atoms with van der Waals surface area (Å²) in [7, 11) is 0. The van der Waals surface area contributed by atoms with Gasteiger partial charge in [0.25, 0.3) is 0 Å². The van der Waals surface area contributed by atoms with Gasteiger partial charge >= 0.3 is 21.1 Å². The summed E-state index contributed by atoms with van der Waals surface area (Å²) >= 11 is 0. The van der Waals surface area contributed by atoms with Crippen LogP contribution in [0.3, 0.4) is 0 Å². The van der Waals surface area contributed by atoms with E-state index in [9.17, 15) is 0 Å². The van der Waals surface area contributed by atoms with Gasteiger partial charge in [-0.15, -0.1) is 6.92 Å². The van der Waals surface area contributed by atoms with Crippen LogP contribution in [0, 0.1) is 13.0 Å². The molecule has 0 amide bonds. The quantitative estimate of drug-likeness (QED) is 0.588. The summed E-state index contributed by atoms with van der Waals surface area (Å²) in [5, 5.41) is 0. The number of nitrogens with zero attached hydrogens (tertiary/aromatic N) is 2. The first-order valence-electron chi connectivity index (χ1n) is 4.60. The maximum atomic E-state index is 4.08. The van der Waals surface area contributed by atoms with Crippen LogP contribution in [0.25, 0.3) is 0 Å². The number of hydrogen-bond donors (Lipinski definition) is 0. The zero-order chi connectivity index (χ0) is 10.1. The molecule has 0 aliphatic heterocycles. The van der Waals surface area contributed by atoms with Crippen LogP contribution in [-0.2, 0) is 21.1 Å². The van der Waals surface area contributed by atoms with Gasteiger partial charge in [-0.1, -0.05) is 39.6 Å². The predicted molar refractivity (Wildman–Crippen MR) is 56.5 cm³/mol. The average molecular weight is 360 g/mol. The molecule has 0 atom stereocenters. The van der Waals surface area contributed by atoms with Crippen LogP contribution in [0.1, 0.15) is 32.8 Å². The topological polar surface area (TPSA) is 25.2 Å². The van der Waals surface area contributed by atoms with Crippen molar-refractivity contribution in [1.29, 1.82) is 0 Å². The monoisotopic (exact) mass is 360 g/mol. The van der Waals surface area contributed by atoms with Gasteiger partial charge in [0.05, 0.1) is 0 Å². The van der Waals surface area contributed by atoms with Crippen LogP contribution in [-0.4, -0.2) is 11.2 Å². The van der Waals surface area contributed by atoms with E-state index >= 15 is 0 Å². The number of aliphatic imine (C=N–C) groups is 1. The standard InChI is InChI=1S/C9H10N2.C2H6.W/c1-3-5-11-9-4-6-10-7-8(9)2;1-2;/h6-7H,3H2,1-2H3;1-2H3;/q-2;;+2. The van der Waals surface area contributed by atoms with Gasteiger partial charge in [-0.2, -0.15) is 6.21 Å². The van der Waals surface area contributed by atoms with Gasteiger partial charge in [0.1, 0.15) is 0 Å². The van der Waals surface area contributed by atoms with E-state index in [1.165, 1.54) is 0 Å². The molecule has 0 unspecified atom stereocenters. The minimum atomic E-state index is 0. The van der Waals surface area contributed by atoms with Crippen molar-refractivity contribution in [2.75, 3.05) is 0 Å². The number of aromatic nitrogens is 1. The van der Waals surface area contributed by atoms with E-state index in [1.807, 2.05) is 27.7 Å². The average Bonchev–Trinajstić information content (AvgIpc) is 2.20. The predicted octanol–water partition coefficient (Wildman–Crippen LogP) is 3.20. The summed E-state index contributed by atoms with van der Waals surface area (Å²) in [5.74, 6) is 0. The van der Waals surface area contributed by atoms with E-state index in [0.29, 0.717) is 0 Å². The molecular formula is C11H16N2W. The molecule has 3 heteroatoms. The Morgan fingerprint density at radius 2 is 2.14 bits per heavy atom. The third kappa shape index (κ3) is 6.04. The molecule has 0 fully saturated rings. The summed E-state index contributed by atoms with van der Waals surface area (Å²) in [5.41, 5.74) is 1.87. The molecule has 0 radical (unpaired) electrons. The Bertz CT molecular complexity index is 259. The third-order valence-electron chi connectivity index (χ3n) is 1.27. The molecule has 2 nitrogen and oxygen atoms in total. The molecule has 0 bridgehead atoms. The molecule has 1 rings (SSSR count). The maximum Gasteiger partial charge on any atom is 2.00 e. The molecule has 0 saturated carbocycles. The molecule has 0 aliphatic carbocycles. The van der Waals surface area contributed by atoms with Crippen LogP contribution in [0.2, 0.25) is 0 Å². The van der Waals surface area contributed by atoms with Crippen molar-refractivity contribution in [3.63, 3.8) is 0 Å². The summed E-state index contributed by atoms with van der Waals surface area (Å²) in [4.78, 5) is 7.99. The molecule has 0 aliphatic rings. The molecule has 0 N–H and O–H groups in total. The van der Waals surface area contributed by atoms with Gasteiger partial charge in [0.15, 0.2) is 0 Å². The minimum absolute atomic E-state index is 0. The Kier molecular flexibility index (Phi) is 12.1. The number of hydrogen-bond acceptors (Lipinski definition) is 2. The zero-order valence-electron chi connectivity index (χ0n) is 9.16. The Labute approximate surface area is 101 Å². The fourth-order valence-corrected chi connectivity index (χ4v) is 0.701. The summed E-state index contributed by atoms with van der Waals surface area (Å²) in [6.07, 6.45) is 7.09. The van der Waals surface area contributed by atoms with Gasteiger partial charge in [-0.05, 0) is 0 Å². The molecule has 1 heterocycles. The normalized spacial score (nSPS) is 8.86. The molecule has 14 heavy (non-hydrogen) atoms. The molecule has 1 aromatic rings. The summed E-state index contributed by atoms with van der Waals surface area (Å²) < 4.78 is 0. The smallest absolute Gasteiger partial charge is 0.493 e. The van der Waals surface area contributed by atoms with Crippen LogP contribution >= 0.6 is 0 Å². The van der Waals surface area contributed by atoms with Crippen LogP contribution in [0.5, 0.6) is 0 Å². The molecule has 0 aromatic carbocycles. The number of pyridine rings is 1. The number of rotatable bonds is 2. The second kappa shape index (κ2) is 10.6. The third-order valence-corrected chi connectivity index (χ3v) is 1.27. The maximum absolute atomic E-state index is 4.08. The fourth-order valence-electron chi connectivity index (χ4n) is 0.701. The van der Waals surface area contributed by atoms with Crippen molar-refractivity contribution >= 4 is 11.9 Å². The van der Waals surface area contributed by atoms with Crippen molar-refractivity contribution in [2.45, 2.75) is 34.1 Å². The first-order valence-corrected chi connectivity index (χ1v) is 4.60. The molecular weight excluding hydrogens is 344 g/mol. The first kappa shape index (κ1) is 16.0. The van der Waals surface area contributed by atoms with Gasteiger partial charge in [-0.3, -0.25) is 5.69 Å². The Morgan fingerprint density at radius 1 is 1.50 bits per heavy atom. The Hall–Kier alpha value is -0.492. The van der Waals surface area contributed by atoms with Gasteiger partial charge in [0.2, 0.25) is 0 Å². The van der Waals surface area contributed by atoms with Crippen LogP contribution in [0.4, 0.5) is 5.69 Å². The van der Waals surface area contributed by atoms with E-state index in [2.05, 4.69) is 22.3 Å². The molecule has 1 aromatic heterocycles. The van der Waals surface area contributed by atoms with Crippen molar-refractivity contribution in [1.82, 2.24) is 4.98 Å². The first-order chi connectivity index (χ1) is 6.34. The van der Waals surface area contributed by atoms with Crippen LogP contribution < -0.4 is 0 Å². The second-order valence-electron chi connectivity index (χ2n) is 2.21. The SMILES string of the molecule is CC.CC[C-]=Nc1[c-]cncc1C.[W+2]. The van der Waals surface area contributed by atoms with Gasteiger partial charge < -0.3 is 16.0 Å². The van der Waals surface area contributed by atoms with Gasteiger partial charge in [0, 0.05) is 0 Å². The second-order valence-corrected chi connectivity index (χ2v) is 2.21.